The second kappa shape index (κ2) is 9.73. The minimum absolute atomic E-state index is 0.143. The predicted molar refractivity (Wildman–Crippen MR) is 117 cm³/mol. The first-order chi connectivity index (χ1) is 15.7. The molecule has 0 saturated heterocycles. The van der Waals surface area contributed by atoms with E-state index in [0.717, 1.165) is 5.56 Å². The van der Waals surface area contributed by atoms with Crippen molar-refractivity contribution in [3.63, 3.8) is 0 Å². The average molecular weight is 428 g/mol. The zero-order valence-corrected chi connectivity index (χ0v) is 17.4. The number of aromatic nitrogens is 3. The molecule has 0 aliphatic rings. The molecule has 32 heavy (non-hydrogen) atoms. The average Bonchev–Trinajstić information content (AvgIpc) is 3.31. The van der Waals surface area contributed by atoms with Crippen LogP contribution in [-0.2, 0) is 11.3 Å². The van der Waals surface area contributed by atoms with E-state index in [-0.39, 0.29) is 5.56 Å². The summed E-state index contributed by atoms with van der Waals surface area (Å²) in [5, 5.41) is 13.0. The summed E-state index contributed by atoms with van der Waals surface area (Å²) in [4.78, 5) is 16.8. The fourth-order valence-electron chi connectivity index (χ4n) is 3.11. The molecule has 2 heterocycles. The highest BCUT2D eigenvalue weighted by molar-refractivity contribution is 5.59. The van der Waals surface area contributed by atoms with Gasteiger partial charge in [-0.1, -0.05) is 17.3 Å². The predicted octanol–water partition coefficient (Wildman–Crippen LogP) is 3.51. The van der Waals surface area contributed by atoms with Crippen LogP contribution in [0.25, 0.3) is 22.8 Å². The molecule has 2 aromatic carbocycles. The van der Waals surface area contributed by atoms with E-state index in [0.29, 0.717) is 53.9 Å². The van der Waals surface area contributed by atoms with Crippen molar-refractivity contribution in [1.29, 1.82) is 5.26 Å². The van der Waals surface area contributed by atoms with E-state index in [1.54, 1.807) is 48.2 Å². The smallest absolute Gasteiger partial charge is 0.258 e. The molecule has 4 rings (SSSR count). The molecule has 0 amide bonds. The minimum Gasteiger partial charge on any atom is -0.491 e. The van der Waals surface area contributed by atoms with Crippen LogP contribution >= 0.6 is 0 Å². The van der Waals surface area contributed by atoms with Gasteiger partial charge in [-0.15, -0.1) is 0 Å². The first kappa shape index (κ1) is 21.0. The lowest BCUT2D eigenvalue weighted by Gasteiger charge is -2.10. The second-order valence-electron chi connectivity index (χ2n) is 6.98. The van der Waals surface area contributed by atoms with Gasteiger partial charge in [-0.05, 0) is 48.0 Å². The molecule has 0 aliphatic heterocycles. The van der Waals surface area contributed by atoms with Gasteiger partial charge in [0.05, 0.1) is 24.8 Å². The first-order valence-corrected chi connectivity index (χ1v) is 9.92. The van der Waals surface area contributed by atoms with Crippen LogP contribution in [0.15, 0.2) is 76.2 Å². The molecule has 0 N–H and O–H groups in total. The van der Waals surface area contributed by atoms with E-state index in [9.17, 15) is 4.79 Å². The van der Waals surface area contributed by atoms with Crippen LogP contribution in [0.4, 0.5) is 0 Å². The SMILES string of the molecule is COCCOc1cccc(Cn2cc(-c3noc(-c4ccc(C#N)cc4)n3)ccc2=O)c1. The van der Waals surface area contributed by atoms with Crippen molar-refractivity contribution in [3.05, 3.63) is 88.3 Å². The molecule has 0 spiro atoms. The van der Waals surface area contributed by atoms with Crippen molar-refractivity contribution in [2.45, 2.75) is 6.54 Å². The maximum absolute atomic E-state index is 12.4. The third-order valence-electron chi connectivity index (χ3n) is 4.74. The molecular formula is C24H20N4O4. The van der Waals surface area contributed by atoms with E-state index >= 15 is 0 Å². The van der Waals surface area contributed by atoms with E-state index in [4.69, 9.17) is 19.3 Å². The molecule has 0 unspecified atom stereocenters. The fourth-order valence-corrected chi connectivity index (χ4v) is 3.11. The first-order valence-electron chi connectivity index (χ1n) is 9.92. The Morgan fingerprint density at radius 2 is 1.88 bits per heavy atom. The standard InChI is InChI=1S/C24H20N4O4/c1-30-11-12-31-21-4-2-3-18(13-21)15-28-16-20(9-10-22(28)29)23-26-24(32-27-23)19-7-5-17(14-25)6-8-19/h2-10,13,16H,11-12,15H2,1H3. The van der Waals surface area contributed by atoms with Gasteiger partial charge in [0.2, 0.25) is 5.82 Å². The maximum atomic E-state index is 12.4. The molecule has 2 aromatic heterocycles. The van der Waals surface area contributed by atoms with Crippen molar-refractivity contribution < 1.29 is 14.0 Å². The van der Waals surface area contributed by atoms with Crippen molar-refractivity contribution in [1.82, 2.24) is 14.7 Å². The Labute approximate surface area is 184 Å². The van der Waals surface area contributed by atoms with E-state index < -0.39 is 0 Å². The summed E-state index contributed by atoms with van der Waals surface area (Å²) in [5.41, 5.74) is 2.69. The molecule has 0 fully saturated rings. The molecule has 8 nitrogen and oxygen atoms in total. The number of hydrogen-bond donors (Lipinski definition) is 0. The number of rotatable bonds is 8. The summed E-state index contributed by atoms with van der Waals surface area (Å²) in [6.07, 6.45) is 1.70. The lowest BCUT2D eigenvalue weighted by atomic mass is 10.1. The van der Waals surface area contributed by atoms with Crippen LogP contribution in [0.5, 0.6) is 5.75 Å². The molecular weight excluding hydrogens is 408 g/mol. The highest BCUT2D eigenvalue weighted by atomic mass is 16.5. The molecule has 8 heteroatoms. The van der Waals surface area contributed by atoms with Gasteiger partial charge < -0.3 is 18.6 Å². The second-order valence-corrected chi connectivity index (χ2v) is 6.98. The largest absolute Gasteiger partial charge is 0.491 e. The van der Waals surface area contributed by atoms with Gasteiger partial charge in [0.15, 0.2) is 0 Å². The number of methoxy groups -OCH3 is 1. The van der Waals surface area contributed by atoms with Gasteiger partial charge in [-0.3, -0.25) is 4.79 Å². The van der Waals surface area contributed by atoms with E-state index in [1.165, 1.54) is 6.07 Å². The molecule has 0 saturated carbocycles. The monoisotopic (exact) mass is 428 g/mol. The van der Waals surface area contributed by atoms with Crippen LogP contribution < -0.4 is 10.3 Å². The lowest BCUT2D eigenvalue weighted by molar-refractivity contribution is 0.146. The van der Waals surface area contributed by atoms with Crippen molar-refractivity contribution in [3.8, 4) is 34.7 Å². The summed E-state index contributed by atoms with van der Waals surface area (Å²) in [5.74, 6) is 1.42. The third-order valence-corrected chi connectivity index (χ3v) is 4.74. The summed E-state index contributed by atoms with van der Waals surface area (Å²) < 4.78 is 17.6. The Morgan fingerprint density at radius 1 is 1.06 bits per heavy atom. The van der Waals surface area contributed by atoms with Gasteiger partial charge in [-0.25, -0.2) is 0 Å². The molecule has 0 aliphatic carbocycles. The number of pyridine rings is 1. The zero-order valence-electron chi connectivity index (χ0n) is 17.4. The summed E-state index contributed by atoms with van der Waals surface area (Å²) >= 11 is 0. The Balaban J connectivity index is 1.55. The maximum Gasteiger partial charge on any atom is 0.258 e. The van der Waals surface area contributed by atoms with Crippen molar-refractivity contribution in [2.75, 3.05) is 20.3 Å². The lowest BCUT2D eigenvalue weighted by Crippen LogP contribution is -2.19. The van der Waals surface area contributed by atoms with Gasteiger partial charge in [-0.2, -0.15) is 10.2 Å². The summed E-state index contributed by atoms with van der Waals surface area (Å²) in [6, 6.07) is 19.7. The highest BCUT2D eigenvalue weighted by Crippen LogP contribution is 2.22. The topological polar surface area (TPSA) is 103 Å². The van der Waals surface area contributed by atoms with Gasteiger partial charge >= 0.3 is 0 Å². The summed E-state index contributed by atoms with van der Waals surface area (Å²) in [6.45, 7) is 1.32. The quantitative estimate of drug-likeness (QED) is 0.396. The molecule has 0 radical (unpaired) electrons. The molecule has 4 aromatic rings. The Kier molecular flexibility index (Phi) is 6.39. The normalized spacial score (nSPS) is 10.6. The van der Waals surface area contributed by atoms with Crippen LogP contribution in [-0.4, -0.2) is 35.0 Å². The van der Waals surface area contributed by atoms with Crippen LogP contribution in [0, 0.1) is 11.3 Å². The fraction of sp³-hybridized carbons (Fsp3) is 0.167. The third kappa shape index (κ3) is 4.91. The minimum atomic E-state index is -0.143. The van der Waals surface area contributed by atoms with Gasteiger partial charge in [0.1, 0.15) is 12.4 Å². The Bertz CT molecular complexity index is 1300. The molecule has 0 atom stereocenters. The number of benzene rings is 2. The molecule has 0 bridgehead atoms. The zero-order chi connectivity index (χ0) is 22.3. The van der Waals surface area contributed by atoms with Crippen LogP contribution in [0.1, 0.15) is 11.1 Å². The number of nitrogens with zero attached hydrogens (tertiary/aromatic N) is 4. The van der Waals surface area contributed by atoms with Gasteiger partial charge in [0, 0.05) is 30.5 Å². The highest BCUT2D eigenvalue weighted by Gasteiger charge is 2.12. The number of ether oxygens (including phenoxy) is 2. The Morgan fingerprint density at radius 3 is 2.66 bits per heavy atom. The van der Waals surface area contributed by atoms with Crippen molar-refractivity contribution in [2.24, 2.45) is 0 Å². The number of hydrogen-bond acceptors (Lipinski definition) is 7. The van der Waals surface area contributed by atoms with E-state index in [2.05, 4.69) is 16.2 Å². The summed E-state index contributed by atoms with van der Waals surface area (Å²) in [7, 11) is 1.62. The van der Waals surface area contributed by atoms with Crippen LogP contribution in [0.3, 0.4) is 0 Å². The Hall–Kier alpha value is -4.22. The van der Waals surface area contributed by atoms with Gasteiger partial charge in [0.25, 0.3) is 11.4 Å². The number of nitriles is 1. The van der Waals surface area contributed by atoms with Crippen molar-refractivity contribution >= 4 is 0 Å². The van der Waals surface area contributed by atoms with Crippen LogP contribution in [0.2, 0.25) is 0 Å². The van der Waals surface area contributed by atoms with E-state index in [1.807, 2.05) is 24.3 Å². The molecule has 160 valence electrons.